The summed E-state index contributed by atoms with van der Waals surface area (Å²) in [7, 11) is 0. The normalized spacial score (nSPS) is 14.4. The van der Waals surface area contributed by atoms with Gasteiger partial charge in [0.25, 0.3) is 5.91 Å². The lowest BCUT2D eigenvalue weighted by Gasteiger charge is -2.36. The minimum atomic E-state index is 0.0544. The van der Waals surface area contributed by atoms with E-state index in [-0.39, 0.29) is 5.91 Å². The van der Waals surface area contributed by atoms with Crippen molar-refractivity contribution in [1.82, 2.24) is 19.7 Å². The maximum atomic E-state index is 13.2. The third-order valence-electron chi connectivity index (χ3n) is 5.47. The molecule has 0 radical (unpaired) electrons. The summed E-state index contributed by atoms with van der Waals surface area (Å²) in [5.74, 6) is 0.0544. The number of aromatic nitrogens is 3. The number of carbonyl (C=O) groups is 1. The van der Waals surface area contributed by atoms with Gasteiger partial charge in [-0.3, -0.25) is 9.78 Å². The van der Waals surface area contributed by atoms with E-state index < -0.39 is 0 Å². The standard InChI is InChI=1S/C22H19Cl2N5OS/c1-14-17-12-20(31-22(17)29(26-14)16-4-2-3-15(23)11-16)21(30)28-9-7-27(8-10-28)19-5-6-25-13-18(19)24/h2-6,11-13H,7-10H2,1H3. The first kappa shape index (κ1) is 20.3. The van der Waals surface area contributed by atoms with Gasteiger partial charge in [-0.15, -0.1) is 11.3 Å². The SMILES string of the molecule is Cc1nn(-c2cccc(Cl)c2)c2sc(C(=O)N3CCN(c4ccncc4Cl)CC3)cc12. The number of aryl methyl sites for hydroxylation is 1. The molecule has 3 aromatic heterocycles. The third kappa shape index (κ3) is 3.78. The Kier molecular flexibility index (Phi) is 5.33. The monoisotopic (exact) mass is 471 g/mol. The zero-order valence-corrected chi connectivity index (χ0v) is 19.1. The van der Waals surface area contributed by atoms with E-state index in [4.69, 9.17) is 23.2 Å². The number of pyridine rings is 1. The van der Waals surface area contributed by atoms with Crippen molar-refractivity contribution >= 4 is 56.3 Å². The van der Waals surface area contributed by atoms with E-state index in [9.17, 15) is 4.79 Å². The van der Waals surface area contributed by atoms with E-state index in [1.54, 1.807) is 12.4 Å². The van der Waals surface area contributed by atoms with E-state index in [0.29, 0.717) is 23.1 Å². The fraction of sp³-hybridized carbons (Fsp3) is 0.227. The molecule has 4 aromatic rings. The molecule has 0 saturated carbocycles. The molecular weight excluding hydrogens is 453 g/mol. The summed E-state index contributed by atoms with van der Waals surface area (Å²) in [6.07, 6.45) is 3.39. The maximum Gasteiger partial charge on any atom is 0.264 e. The highest BCUT2D eigenvalue weighted by Crippen LogP contribution is 2.32. The Balaban J connectivity index is 1.37. The fourth-order valence-corrected chi connectivity index (χ4v) is 5.44. The van der Waals surface area contributed by atoms with Gasteiger partial charge < -0.3 is 9.80 Å². The van der Waals surface area contributed by atoms with Crippen molar-refractivity contribution in [2.75, 3.05) is 31.1 Å². The van der Waals surface area contributed by atoms with Crippen LogP contribution in [0.25, 0.3) is 15.9 Å². The smallest absolute Gasteiger partial charge is 0.264 e. The van der Waals surface area contributed by atoms with Crippen molar-refractivity contribution in [2.24, 2.45) is 0 Å². The highest BCUT2D eigenvalue weighted by atomic mass is 35.5. The van der Waals surface area contributed by atoms with Crippen LogP contribution in [0, 0.1) is 6.92 Å². The quantitative estimate of drug-likeness (QED) is 0.418. The zero-order valence-electron chi connectivity index (χ0n) is 16.8. The topological polar surface area (TPSA) is 54.3 Å². The van der Waals surface area contributed by atoms with Crippen molar-refractivity contribution in [1.29, 1.82) is 0 Å². The van der Waals surface area contributed by atoms with Crippen LogP contribution >= 0.6 is 34.5 Å². The van der Waals surface area contributed by atoms with Gasteiger partial charge in [-0.2, -0.15) is 5.10 Å². The van der Waals surface area contributed by atoms with Gasteiger partial charge in [-0.05, 0) is 37.3 Å². The molecule has 0 spiro atoms. The lowest BCUT2D eigenvalue weighted by Crippen LogP contribution is -2.48. The lowest BCUT2D eigenvalue weighted by atomic mass is 10.2. The number of amides is 1. The van der Waals surface area contributed by atoms with Crippen molar-refractivity contribution in [2.45, 2.75) is 6.92 Å². The Hall–Kier alpha value is -2.61. The van der Waals surface area contributed by atoms with Crippen LogP contribution in [0.2, 0.25) is 10.0 Å². The van der Waals surface area contributed by atoms with Crippen molar-refractivity contribution in [3.63, 3.8) is 0 Å². The molecule has 0 N–H and O–H groups in total. The molecule has 0 unspecified atom stereocenters. The number of halogens is 2. The average Bonchev–Trinajstić information content (AvgIpc) is 3.34. The van der Waals surface area contributed by atoms with E-state index >= 15 is 0 Å². The molecule has 1 fully saturated rings. The number of carbonyl (C=O) groups excluding carboxylic acids is 1. The number of fused-ring (bicyclic) bond motifs is 1. The minimum absolute atomic E-state index is 0.0544. The molecule has 9 heteroatoms. The van der Waals surface area contributed by atoms with Crippen LogP contribution in [0.5, 0.6) is 0 Å². The number of piperazine rings is 1. The van der Waals surface area contributed by atoms with E-state index in [0.717, 1.165) is 45.3 Å². The number of rotatable bonds is 3. The largest absolute Gasteiger partial charge is 0.367 e. The van der Waals surface area contributed by atoms with Gasteiger partial charge >= 0.3 is 0 Å². The van der Waals surface area contributed by atoms with Crippen LogP contribution in [0.4, 0.5) is 5.69 Å². The number of nitrogens with zero attached hydrogens (tertiary/aromatic N) is 5. The van der Waals surface area contributed by atoms with E-state index in [2.05, 4.69) is 15.0 Å². The second kappa shape index (κ2) is 8.15. The number of hydrogen-bond acceptors (Lipinski definition) is 5. The zero-order chi connectivity index (χ0) is 21.5. The number of hydrogen-bond donors (Lipinski definition) is 0. The summed E-state index contributed by atoms with van der Waals surface area (Å²) >= 11 is 13.9. The summed E-state index contributed by atoms with van der Waals surface area (Å²) in [4.78, 5) is 23.0. The average molecular weight is 472 g/mol. The van der Waals surface area contributed by atoms with Gasteiger partial charge in [0.2, 0.25) is 0 Å². The molecular formula is C22H19Cl2N5OS. The molecule has 1 aliphatic heterocycles. The highest BCUT2D eigenvalue weighted by molar-refractivity contribution is 7.20. The lowest BCUT2D eigenvalue weighted by molar-refractivity contribution is 0.0752. The predicted molar refractivity (Wildman–Crippen MR) is 126 cm³/mol. The molecule has 31 heavy (non-hydrogen) atoms. The molecule has 0 bridgehead atoms. The Morgan fingerprint density at radius 1 is 1.10 bits per heavy atom. The Morgan fingerprint density at radius 3 is 2.65 bits per heavy atom. The minimum Gasteiger partial charge on any atom is -0.367 e. The summed E-state index contributed by atoms with van der Waals surface area (Å²) in [6.45, 7) is 4.71. The van der Waals surface area contributed by atoms with Crippen molar-refractivity contribution < 1.29 is 4.79 Å². The first-order chi connectivity index (χ1) is 15.0. The molecule has 1 aromatic carbocycles. The molecule has 6 nitrogen and oxygen atoms in total. The Bertz CT molecular complexity index is 1280. The van der Waals surface area contributed by atoms with Gasteiger partial charge in [0.15, 0.2) is 0 Å². The van der Waals surface area contributed by atoms with Crippen LogP contribution in [0.15, 0.2) is 48.8 Å². The first-order valence-electron chi connectivity index (χ1n) is 9.90. The molecule has 1 amide bonds. The van der Waals surface area contributed by atoms with Crippen LogP contribution < -0.4 is 4.90 Å². The molecule has 158 valence electrons. The van der Waals surface area contributed by atoms with Gasteiger partial charge in [-0.1, -0.05) is 29.3 Å². The Labute approximate surface area is 193 Å². The molecule has 1 aliphatic rings. The fourth-order valence-electron chi connectivity index (χ4n) is 3.87. The van der Waals surface area contributed by atoms with Gasteiger partial charge in [-0.25, -0.2) is 4.68 Å². The highest BCUT2D eigenvalue weighted by Gasteiger charge is 2.26. The summed E-state index contributed by atoms with van der Waals surface area (Å²) in [5, 5.41) is 6.92. The third-order valence-corrected chi connectivity index (χ3v) is 7.09. The molecule has 1 saturated heterocycles. The molecule has 5 rings (SSSR count). The van der Waals surface area contributed by atoms with Crippen LogP contribution in [0.3, 0.4) is 0 Å². The van der Waals surface area contributed by atoms with E-state index in [1.165, 1.54) is 11.3 Å². The van der Waals surface area contributed by atoms with Crippen molar-refractivity contribution in [3.8, 4) is 5.69 Å². The van der Waals surface area contributed by atoms with E-state index in [1.807, 2.05) is 52.9 Å². The van der Waals surface area contributed by atoms with Gasteiger partial charge in [0, 0.05) is 49.0 Å². The number of anilines is 1. The maximum absolute atomic E-state index is 13.2. The van der Waals surface area contributed by atoms with Crippen LogP contribution in [0.1, 0.15) is 15.4 Å². The summed E-state index contributed by atoms with van der Waals surface area (Å²) in [6, 6.07) is 11.4. The molecule has 0 aliphatic carbocycles. The number of benzene rings is 1. The predicted octanol–water partition coefficient (Wildman–Crippen LogP) is 5.06. The summed E-state index contributed by atoms with van der Waals surface area (Å²) < 4.78 is 1.86. The Morgan fingerprint density at radius 2 is 1.90 bits per heavy atom. The van der Waals surface area contributed by atoms with Crippen molar-refractivity contribution in [3.05, 3.63) is 69.4 Å². The summed E-state index contributed by atoms with van der Waals surface area (Å²) in [5.41, 5.74) is 2.74. The molecule has 4 heterocycles. The first-order valence-corrected chi connectivity index (χ1v) is 11.5. The van der Waals surface area contributed by atoms with Crippen LogP contribution in [-0.2, 0) is 0 Å². The van der Waals surface area contributed by atoms with Gasteiger partial charge in [0.1, 0.15) is 4.83 Å². The number of thiophene rings is 1. The second-order valence-corrected chi connectivity index (χ2v) is 9.29. The molecule has 0 atom stereocenters. The second-order valence-electron chi connectivity index (χ2n) is 7.41. The van der Waals surface area contributed by atoms with Crippen LogP contribution in [-0.4, -0.2) is 51.8 Å². The van der Waals surface area contributed by atoms with Gasteiger partial charge in [0.05, 0.1) is 27.0 Å².